The zero-order valence-corrected chi connectivity index (χ0v) is 21.8. The third kappa shape index (κ3) is 6.56. The van der Waals surface area contributed by atoms with Crippen molar-refractivity contribution in [2.45, 2.75) is 24.9 Å². The maximum atomic E-state index is 13.6. The molecule has 0 fully saturated rings. The van der Waals surface area contributed by atoms with Crippen LogP contribution in [-0.2, 0) is 21.1 Å². The fourth-order valence-corrected chi connectivity index (χ4v) is 4.33. The minimum atomic E-state index is -4.95. The number of carbonyl (C=O) groups is 2. The molecule has 41 heavy (non-hydrogen) atoms. The molecule has 1 N–H and O–H groups in total. The average molecular weight is 600 g/mol. The number of nitrogens with one attached hydrogen (secondary N) is 1. The summed E-state index contributed by atoms with van der Waals surface area (Å²) in [6, 6.07) is 13.4. The lowest BCUT2D eigenvalue weighted by Gasteiger charge is -2.29. The molecule has 1 aliphatic heterocycles. The van der Waals surface area contributed by atoms with Crippen LogP contribution in [0.15, 0.2) is 77.9 Å². The third-order valence-corrected chi connectivity index (χ3v) is 6.28. The van der Waals surface area contributed by atoms with Gasteiger partial charge in [0, 0.05) is 10.7 Å². The average Bonchev–Trinajstić information content (AvgIpc) is 3.31. The van der Waals surface area contributed by atoms with Crippen LogP contribution in [0.2, 0.25) is 5.02 Å². The summed E-state index contributed by atoms with van der Waals surface area (Å²) in [7, 11) is 0. The van der Waals surface area contributed by atoms with Crippen molar-refractivity contribution < 1.29 is 45.4 Å². The number of hydrogen-bond donors (Lipinski definition) is 1. The quantitative estimate of drug-likeness (QED) is 0.244. The molecule has 0 spiro atoms. The van der Waals surface area contributed by atoms with Gasteiger partial charge >= 0.3 is 24.5 Å². The Labute approximate surface area is 234 Å². The van der Waals surface area contributed by atoms with Gasteiger partial charge in [-0.15, -0.1) is 13.2 Å². The molecule has 3 aromatic rings. The Morgan fingerprint density at radius 3 is 2.10 bits per heavy atom. The van der Waals surface area contributed by atoms with Crippen molar-refractivity contribution in [1.82, 2.24) is 5.01 Å². The van der Waals surface area contributed by atoms with Gasteiger partial charge in [-0.2, -0.15) is 18.3 Å². The summed E-state index contributed by atoms with van der Waals surface area (Å²) in [6.07, 6.45) is -9.52. The molecule has 2 amide bonds. The lowest BCUT2D eigenvalue weighted by Crippen LogP contribution is -2.48. The second kappa shape index (κ2) is 11.3. The van der Waals surface area contributed by atoms with Crippen molar-refractivity contribution in [1.29, 1.82) is 0 Å². The van der Waals surface area contributed by atoms with Crippen LogP contribution in [0.25, 0.3) is 0 Å². The van der Waals surface area contributed by atoms with Crippen LogP contribution in [0.1, 0.15) is 23.6 Å². The molecule has 4 rings (SSSR count). The first-order chi connectivity index (χ1) is 19.2. The number of halogens is 7. The van der Waals surface area contributed by atoms with E-state index in [1.165, 1.54) is 36.4 Å². The third-order valence-electron chi connectivity index (χ3n) is 6.03. The van der Waals surface area contributed by atoms with Gasteiger partial charge in [-0.05, 0) is 66.6 Å². The monoisotopic (exact) mass is 599 g/mol. The summed E-state index contributed by atoms with van der Waals surface area (Å²) in [4.78, 5) is 26.8. The van der Waals surface area contributed by atoms with E-state index in [4.69, 9.17) is 16.3 Å². The van der Waals surface area contributed by atoms with E-state index in [0.717, 1.165) is 41.4 Å². The van der Waals surface area contributed by atoms with Crippen molar-refractivity contribution in [3.8, 4) is 5.75 Å². The summed E-state index contributed by atoms with van der Waals surface area (Å²) < 4.78 is 86.2. The predicted octanol–water partition coefficient (Wildman–Crippen LogP) is 7.01. The Balaban J connectivity index is 1.75. The standard InChI is InChI=1S/C27H20ClF6N3O4/c1-2-40-23(38)25(17-7-13-21(14-8-17)41-27(32,33)34)15-37(36-22(25)16-3-9-19(28)10-4-16)24(39)35-20-11-5-18(6-12-20)26(29,30)31/h3-14H,2,15H2,1H3,(H,35,39). The molecular weight excluding hydrogens is 580 g/mol. The van der Waals surface area contributed by atoms with E-state index < -0.39 is 47.8 Å². The van der Waals surface area contributed by atoms with E-state index in [9.17, 15) is 35.9 Å². The molecule has 1 aliphatic rings. The highest BCUT2D eigenvalue weighted by molar-refractivity contribution is 6.31. The summed E-state index contributed by atoms with van der Waals surface area (Å²) in [6.45, 7) is 1.03. The van der Waals surface area contributed by atoms with Crippen LogP contribution in [0.5, 0.6) is 5.75 Å². The molecule has 0 bridgehead atoms. The van der Waals surface area contributed by atoms with Crippen LogP contribution in [0.3, 0.4) is 0 Å². The Kier molecular flexibility index (Phi) is 8.20. The smallest absolute Gasteiger partial charge is 0.465 e. The van der Waals surface area contributed by atoms with E-state index in [1.807, 2.05) is 0 Å². The summed E-state index contributed by atoms with van der Waals surface area (Å²) in [5.74, 6) is -1.39. The highest BCUT2D eigenvalue weighted by atomic mass is 35.5. The lowest BCUT2D eigenvalue weighted by molar-refractivity contribution is -0.274. The molecule has 0 saturated heterocycles. The molecule has 7 nitrogen and oxygen atoms in total. The van der Waals surface area contributed by atoms with Gasteiger partial charge in [-0.1, -0.05) is 35.9 Å². The normalized spacial score (nSPS) is 17.2. The van der Waals surface area contributed by atoms with Crippen LogP contribution in [0.4, 0.5) is 36.8 Å². The molecule has 14 heteroatoms. The lowest BCUT2D eigenvalue weighted by atomic mass is 9.74. The number of hydrogen-bond acceptors (Lipinski definition) is 5. The maximum absolute atomic E-state index is 13.6. The van der Waals surface area contributed by atoms with Gasteiger partial charge < -0.3 is 14.8 Å². The molecule has 0 radical (unpaired) electrons. The number of carbonyl (C=O) groups excluding carboxylic acids is 2. The highest BCUT2D eigenvalue weighted by Crippen LogP contribution is 2.39. The van der Waals surface area contributed by atoms with Gasteiger partial charge in [0.2, 0.25) is 0 Å². The highest BCUT2D eigenvalue weighted by Gasteiger charge is 2.54. The van der Waals surface area contributed by atoms with Crippen LogP contribution in [0, 0.1) is 0 Å². The Morgan fingerprint density at radius 1 is 0.951 bits per heavy atom. The van der Waals surface area contributed by atoms with Crippen molar-refractivity contribution in [2.24, 2.45) is 5.10 Å². The summed E-state index contributed by atoms with van der Waals surface area (Å²) >= 11 is 6.02. The number of anilines is 1. The second-order valence-corrected chi connectivity index (χ2v) is 9.15. The number of benzene rings is 3. The van der Waals surface area contributed by atoms with E-state index in [2.05, 4.69) is 15.2 Å². The van der Waals surface area contributed by atoms with Gasteiger partial charge in [0.1, 0.15) is 5.75 Å². The summed E-state index contributed by atoms with van der Waals surface area (Å²) in [5.41, 5.74) is -2.18. The number of hydrazone groups is 1. The first kappa shape index (κ1) is 29.7. The van der Waals surface area contributed by atoms with Crippen LogP contribution < -0.4 is 10.1 Å². The number of amides is 2. The fraction of sp³-hybridized carbons (Fsp3) is 0.222. The molecule has 0 saturated carbocycles. The van der Waals surface area contributed by atoms with Gasteiger partial charge in [-0.25, -0.2) is 9.80 Å². The Bertz CT molecular complexity index is 1440. The zero-order valence-electron chi connectivity index (χ0n) is 21.0. The molecule has 1 heterocycles. The molecule has 0 aromatic heterocycles. The molecular formula is C27H20ClF6N3O4. The number of urea groups is 1. The number of ether oxygens (including phenoxy) is 2. The molecule has 1 unspecified atom stereocenters. The number of alkyl halides is 6. The van der Waals surface area contributed by atoms with Crippen molar-refractivity contribution in [3.63, 3.8) is 0 Å². The SMILES string of the molecule is CCOC(=O)C1(c2ccc(OC(F)(F)F)cc2)CN(C(=O)Nc2ccc(C(F)(F)F)cc2)N=C1c1ccc(Cl)cc1. The largest absolute Gasteiger partial charge is 0.573 e. The first-order valence-corrected chi connectivity index (χ1v) is 12.2. The van der Waals surface area contributed by atoms with Crippen molar-refractivity contribution >= 4 is 35.0 Å². The minimum Gasteiger partial charge on any atom is -0.465 e. The molecule has 216 valence electrons. The van der Waals surface area contributed by atoms with Crippen LogP contribution >= 0.6 is 11.6 Å². The molecule has 3 aromatic carbocycles. The van der Waals surface area contributed by atoms with Gasteiger partial charge in [0.05, 0.1) is 24.4 Å². The predicted molar refractivity (Wildman–Crippen MR) is 137 cm³/mol. The topological polar surface area (TPSA) is 80.2 Å². The Hall–Kier alpha value is -4.26. The van der Waals surface area contributed by atoms with E-state index >= 15 is 0 Å². The second-order valence-electron chi connectivity index (χ2n) is 8.72. The van der Waals surface area contributed by atoms with E-state index in [-0.39, 0.29) is 23.6 Å². The van der Waals surface area contributed by atoms with Crippen LogP contribution in [-0.4, -0.2) is 42.2 Å². The summed E-state index contributed by atoms with van der Waals surface area (Å²) in [5, 5.41) is 8.04. The van der Waals surface area contributed by atoms with Gasteiger partial charge in [0.15, 0.2) is 5.41 Å². The number of rotatable bonds is 6. The van der Waals surface area contributed by atoms with Crippen molar-refractivity contribution in [2.75, 3.05) is 18.5 Å². The molecule has 1 atom stereocenters. The van der Waals surface area contributed by atoms with E-state index in [1.54, 1.807) is 6.92 Å². The first-order valence-electron chi connectivity index (χ1n) is 11.9. The van der Waals surface area contributed by atoms with E-state index in [0.29, 0.717) is 10.6 Å². The maximum Gasteiger partial charge on any atom is 0.573 e. The number of nitrogens with zero attached hydrogens (tertiary/aromatic N) is 2. The van der Waals surface area contributed by atoms with Crippen molar-refractivity contribution in [3.05, 3.63) is 94.5 Å². The zero-order chi connectivity index (χ0) is 30.0. The minimum absolute atomic E-state index is 0.0218. The molecule has 0 aliphatic carbocycles. The van der Waals surface area contributed by atoms with Gasteiger partial charge in [0.25, 0.3) is 0 Å². The number of esters is 1. The Morgan fingerprint density at radius 2 is 1.56 bits per heavy atom. The fourth-order valence-electron chi connectivity index (χ4n) is 4.20. The van der Waals surface area contributed by atoms with Gasteiger partial charge in [-0.3, -0.25) is 4.79 Å².